The number of nitrogens with zero attached hydrogens (tertiary/aromatic N) is 2. The molecule has 2 amide bonds. The first-order chi connectivity index (χ1) is 17.3. The van der Waals surface area contributed by atoms with Gasteiger partial charge in [0.15, 0.2) is 0 Å². The third-order valence-corrected chi connectivity index (χ3v) is 5.50. The molecule has 3 rings (SSSR count). The van der Waals surface area contributed by atoms with Crippen LogP contribution in [0.15, 0.2) is 72.8 Å². The molecule has 0 aliphatic rings. The van der Waals surface area contributed by atoms with Crippen LogP contribution in [-0.4, -0.2) is 63.0 Å². The van der Waals surface area contributed by atoms with E-state index in [0.29, 0.717) is 24.5 Å². The van der Waals surface area contributed by atoms with Crippen molar-refractivity contribution in [3.63, 3.8) is 0 Å². The van der Waals surface area contributed by atoms with Crippen molar-refractivity contribution in [3.8, 4) is 11.5 Å². The highest BCUT2D eigenvalue weighted by Crippen LogP contribution is 2.16. The Hall–Kier alpha value is -3.88. The third kappa shape index (κ3) is 8.72. The van der Waals surface area contributed by atoms with Crippen LogP contribution >= 0.6 is 0 Å². The van der Waals surface area contributed by atoms with E-state index < -0.39 is 0 Å². The third-order valence-electron chi connectivity index (χ3n) is 5.50. The van der Waals surface area contributed by atoms with Gasteiger partial charge in [-0.15, -0.1) is 0 Å². The summed E-state index contributed by atoms with van der Waals surface area (Å²) in [5, 5.41) is 5.79. The van der Waals surface area contributed by atoms with Crippen molar-refractivity contribution in [2.24, 2.45) is 0 Å². The fraction of sp³-hybridized carbons (Fsp3) is 0.286. The van der Waals surface area contributed by atoms with Gasteiger partial charge in [0.1, 0.15) is 11.5 Å². The van der Waals surface area contributed by atoms with E-state index in [0.717, 1.165) is 22.6 Å². The average Bonchev–Trinajstić information content (AvgIpc) is 2.86. The minimum Gasteiger partial charge on any atom is -0.497 e. The number of methoxy groups -OCH3 is 2. The van der Waals surface area contributed by atoms with E-state index in [1.165, 1.54) is 0 Å². The Morgan fingerprint density at radius 3 is 1.25 bits per heavy atom. The van der Waals surface area contributed by atoms with Crippen LogP contribution in [0, 0.1) is 0 Å². The molecule has 3 aromatic carbocycles. The van der Waals surface area contributed by atoms with E-state index in [2.05, 4.69) is 10.6 Å². The fourth-order valence-corrected chi connectivity index (χ4v) is 3.73. The molecular weight excluding hydrogens is 456 g/mol. The molecule has 0 unspecified atom stereocenters. The zero-order chi connectivity index (χ0) is 25.9. The molecule has 0 bridgehead atoms. The molecule has 0 atom stereocenters. The molecule has 0 heterocycles. The topological polar surface area (TPSA) is 83.1 Å². The monoisotopic (exact) mass is 490 g/mol. The van der Waals surface area contributed by atoms with Crippen molar-refractivity contribution < 1.29 is 19.1 Å². The number of benzene rings is 3. The van der Waals surface area contributed by atoms with Gasteiger partial charge in [-0.3, -0.25) is 19.4 Å². The Morgan fingerprint density at radius 1 is 0.611 bits per heavy atom. The first-order valence-electron chi connectivity index (χ1n) is 11.7. The zero-order valence-electron chi connectivity index (χ0n) is 21.3. The molecule has 0 fully saturated rings. The van der Waals surface area contributed by atoms with Crippen LogP contribution in [0.5, 0.6) is 11.5 Å². The van der Waals surface area contributed by atoms with Gasteiger partial charge < -0.3 is 20.1 Å². The Morgan fingerprint density at radius 2 is 0.944 bits per heavy atom. The SMILES string of the molecule is COc1ccc(CN(C)CC(=O)Nc2ccc(NC(=O)CN(C)Cc3ccc(OC)cc3)cc2)cc1. The maximum atomic E-state index is 12.4. The number of ether oxygens (including phenoxy) is 2. The van der Waals surface area contributed by atoms with E-state index >= 15 is 0 Å². The quantitative estimate of drug-likeness (QED) is 0.401. The average molecular weight is 491 g/mol. The Kier molecular flexibility index (Phi) is 9.85. The van der Waals surface area contributed by atoms with Gasteiger partial charge in [-0.2, -0.15) is 0 Å². The van der Waals surface area contributed by atoms with E-state index in [-0.39, 0.29) is 24.9 Å². The molecule has 0 saturated heterocycles. The number of hydrogen-bond acceptors (Lipinski definition) is 6. The second kappa shape index (κ2) is 13.3. The molecule has 0 radical (unpaired) electrons. The van der Waals surface area contributed by atoms with Crippen LogP contribution in [0.2, 0.25) is 0 Å². The van der Waals surface area contributed by atoms with Gasteiger partial charge in [0.05, 0.1) is 27.3 Å². The Bertz CT molecular complexity index is 1030. The van der Waals surface area contributed by atoms with Crippen molar-refractivity contribution in [1.29, 1.82) is 0 Å². The molecule has 2 N–H and O–H groups in total. The van der Waals surface area contributed by atoms with Gasteiger partial charge >= 0.3 is 0 Å². The van der Waals surface area contributed by atoms with Crippen LogP contribution in [0.1, 0.15) is 11.1 Å². The van der Waals surface area contributed by atoms with Crippen molar-refractivity contribution in [3.05, 3.63) is 83.9 Å². The highest BCUT2D eigenvalue weighted by molar-refractivity contribution is 5.94. The van der Waals surface area contributed by atoms with Crippen LogP contribution in [0.3, 0.4) is 0 Å². The van der Waals surface area contributed by atoms with Gasteiger partial charge in [-0.25, -0.2) is 0 Å². The summed E-state index contributed by atoms with van der Waals surface area (Å²) in [6.45, 7) is 1.81. The van der Waals surface area contributed by atoms with Crippen molar-refractivity contribution in [2.75, 3.05) is 52.0 Å². The Balaban J connectivity index is 1.41. The van der Waals surface area contributed by atoms with E-state index in [1.54, 1.807) is 38.5 Å². The summed E-state index contributed by atoms with van der Waals surface area (Å²) < 4.78 is 10.3. The largest absolute Gasteiger partial charge is 0.497 e. The lowest BCUT2D eigenvalue weighted by molar-refractivity contribution is -0.118. The summed E-state index contributed by atoms with van der Waals surface area (Å²) in [5.41, 5.74) is 3.54. The van der Waals surface area contributed by atoms with Crippen molar-refractivity contribution in [1.82, 2.24) is 9.80 Å². The lowest BCUT2D eigenvalue weighted by atomic mass is 10.2. The predicted octanol–water partition coefficient (Wildman–Crippen LogP) is 3.84. The van der Waals surface area contributed by atoms with Gasteiger partial charge in [0, 0.05) is 24.5 Å². The number of amides is 2. The van der Waals surface area contributed by atoms with Crippen LogP contribution in [0.25, 0.3) is 0 Å². The molecule has 0 aromatic heterocycles. The number of carbonyl (C=O) groups excluding carboxylic acids is 2. The second-order valence-electron chi connectivity index (χ2n) is 8.71. The van der Waals surface area contributed by atoms with E-state index in [4.69, 9.17) is 9.47 Å². The lowest BCUT2D eigenvalue weighted by Gasteiger charge is -2.17. The number of carbonyl (C=O) groups is 2. The molecule has 8 heteroatoms. The molecule has 36 heavy (non-hydrogen) atoms. The van der Waals surface area contributed by atoms with Crippen LogP contribution < -0.4 is 20.1 Å². The second-order valence-corrected chi connectivity index (χ2v) is 8.71. The van der Waals surface area contributed by atoms with Crippen molar-refractivity contribution >= 4 is 23.2 Å². The molecule has 0 aliphatic carbocycles. The molecule has 0 spiro atoms. The van der Waals surface area contributed by atoms with Crippen molar-refractivity contribution in [2.45, 2.75) is 13.1 Å². The number of anilines is 2. The van der Waals surface area contributed by atoms with Gasteiger partial charge in [-0.05, 0) is 73.8 Å². The fourth-order valence-electron chi connectivity index (χ4n) is 3.73. The summed E-state index contributed by atoms with van der Waals surface area (Å²) in [5.74, 6) is 1.39. The summed E-state index contributed by atoms with van der Waals surface area (Å²) in [6.07, 6.45) is 0. The summed E-state index contributed by atoms with van der Waals surface area (Å²) in [4.78, 5) is 28.7. The normalized spacial score (nSPS) is 10.8. The number of likely N-dealkylation sites (N-methyl/N-ethyl adjacent to an activating group) is 2. The molecular formula is C28H34N4O4. The lowest BCUT2D eigenvalue weighted by Crippen LogP contribution is -2.30. The first-order valence-corrected chi connectivity index (χ1v) is 11.7. The molecule has 3 aromatic rings. The maximum Gasteiger partial charge on any atom is 0.238 e. The van der Waals surface area contributed by atoms with E-state index in [9.17, 15) is 9.59 Å². The molecule has 0 saturated carbocycles. The summed E-state index contributed by atoms with van der Waals surface area (Å²) in [6, 6.07) is 22.7. The minimum atomic E-state index is -0.108. The van der Waals surface area contributed by atoms with Crippen LogP contribution in [-0.2, 0) is 22.7 Å². The minimum absolute atomic E-state index is 0.108. The highest BCUT2D eigenvalue weighted by atomic mass is 16.5. The molecule has 190 valence electrons. The van der Waals surface area contributed by atoms with Gasteiger partial charge in [-0.1, -0.05) is 24.3 Å². The maximum absolute atomic E-state index is 12.4. The smallest absolute Gasteiger partial charge is 0.238 e. The van der Waals surface area contributed by atoms with E-state index in [1.807, 2.05) is 72.4 Å². The zero-order valence-corrected chi connectivity index (χ0v) is 21.3. The van der Waals surface area contributed by atoms with Gasteiger partial charge in [0.2, 0.25) is 11.8 Å². The molecule has 8 nitrogen and oxygen atoms in total. The number of nitrogens with one attached hydrogen (secondary N) is 2. The van der Waals surface area contributed by atoms with Gasteiger partial charge in [0.25, 0.3) is 0 Å². The number of hydrogen-bond donors (Lipinski definition) is 2. The number of rotatable bonds is 12. The summed E-state index contributed by atoms with van der Waals surface area (Å²) in [7, 11) is 7.06. The first kappa shape index (κ1) is 26.7. The Labute approximate surface area is 212 Å². The summed E-state index contributed by atoms with van der Waals surface area (Å²) >= 11 is 0. The predicted molar refractivity (Wildman–Crippen MR) is 142 cm³/mol. The van der Waals surface area contributed by atoms with Crippen LogP contribution in [0.4, 0.5) is 11.4 Å². The molecule has 0 aliphatic heterocycles. The highest BCUT2D eigenvalue weighted by Gasteiger charge is 2.10. The standard InChI is InChI=1S/C28H34N4O4/c1-31(17-21-5-13-25(35-3)14-6-21)19-27(33)29-23-9-11-24(12-10-23)30-28(34)20-32(2)18-22-7-15-26(36-4)16-8-22/h5-16H,17-20H2,1-4H3,(H,29,33)(H,30,34).